The maximum Gasteiger partial charge on any atom is 0.306 e. The van der Waals surface area contributed by atoms with Gasteiger partial charge >= 0.3 is 5.97 Å². The quantitative estimate of drug-likeness (QED) is 0.694. The molecule has 0 aromatic heterocycles. The Hall–Kier alpha value is -0.530. The highest BCUT2D eigenvalue weighted by atomic mass is 16.5. The standard InChI is InChI=1S/C15H26O2/c1-5-6-7-13(16)17-12-10-15(4)9-8-11(12)14(15,2)3/h11-12H,5-10H2,1-4H3/t11-,12-,15-/m1/s1. The van der Waals surface area contributed by atoms with Crippen molar-refractivity contribution in [2.75, 3.05) is 0 Å². The average molecular weight is 238 g/mol. The smallest absolute Gasteiger partial charge is 0.306 e. The van der Waals surface area contributed by atoms with E-state index in [9.17, 15) is 4.79 Å². The molecule has 2 rings (SSSR count). The van der Waals surface area contributed by atoms with Crippen molar-refractivity contribution in [3.63, 3.8) is 0 Å². The molecule has 2 bridgehead atoms. The first kappa shape index (κ1) is 12.9. The fourth-order valence-electron chi connectivity index (χ4n) is 3.88. The predicted octanol–water partition coefficient (Wildman–Crippen LogP) is 3.93. The molecule has 0 saturated heterocycles. The van der Waals surface area contributed by atoms with E-state index in [1.165, 1.54) is 12.8 Å². The lowest BCUT2D eigenvalue weighted by Crippen LogP contribution is -2.27. The third-order valence-corrected chi connectivity index (χ3v) is 5.61. The Morgan fingerprint density at radius 1 is 1.35 bits per heavy atom. The molecule has 0 aromatic carbocycles. The molecule has 2 aliphatic carbocycles. The SMILES string of the molecule is CCCCC(=O)O[C@@H]1C[C@@]2(C)CC[C@H]1C2(C)C. The lowest BCUT2D eigenvalue weighted by Gasteiger charge is -2.33. The monoisotopic (exact) mass is 238 g/mol. The molecule has 2 heteroatoms. The Morgan fingerprint density at radius 2 is 2.06 bits per heavy atom. The van der Waals surface area contributed by atoms with Gasteiger partial charge in [-0.15, -0.1) is 0 Å². The number of ether oxygens (including phenoxy) is 1. The Bertz CT molecular complexity index is 305. The first-order chi connectivity index (χ1) is 7.90. The topological polar surface area (TPSA) is 26.3 Å². The first-order valence-corrected chi connectivity index (χ1v) is 7.10. The fourth-order valence-corrected chi connectivity index (χ4v) is 3.88. The van der Waals surface area contributed by atoms with Gasteiger partial charge in [-0.25, -0.2) is 0 Å². The molecule has 0 amide bonds. The molecule has 2 saturated carbocycles. The molecule has 0 radical (unpaired) electrons. The summed E-state index contributed by atoms with van der Waals surface area (Å²) >= 11 is 0. The maximum absolute atomic E-state index is 11.7. The third kappa shape index (κ3) is 2.00. The first-order valence-electron chi connectivity index (χ1n) is 7.10. The lowest BCUT2D eigenvalue weighted by molar-refractivity contribution is -0.152. The Labute approximate surface area is 105 Å². The van der Waals surface area contributed by atoms with Crippen LogP contribution in [0.25, 0.3) is 0 Å². The molecule has 2 aliphatic rings. The van der Waals surface area contributed by atoms with Crippen LogP contribution in [0.1, 0.15) is 66.2 Å². The molecule has 0 unspecified atom stereocenters. The zero-order valence-corrected chi connectivity index (χ0v) is 11.7. The number of fused-ring (bicyclic) bond motifs is 2. The van der Waals surface area contributed by atoms with E-state index in [0.29, 0.717) is 23.2 Å². The molecule has 0 N–H and O–H groups in total. The van der Waals surface area contributed by atoms with E-state index in [4.69, 9.17) is 4.74 Å². The third-order valence-electron chi connectivity index (χ3n) is 5.61. The maximum atomic E-state index is 11.7. The van der Waals surface area contributed by atoms with E-state index in [0.717, 1.165) is 19.3 Å². The van der Waals surface area contributed by atoms with Crippen molar-refractivity contribution < 1.29 is 9.53 Å². The zero-order valence-electron chi connectivity index (χ0n) is 11.7. The van der Waals surface area contributed by atoms with Crippen LogP contribution in [-0.2, 0) is 9.53 Å². The highest BCUT2D eigenvalue weighted by Crippen LogP contribution is 2.66. The van der Waals surface area contributed by atoms with Crippen LogP contribution in [0, 0.1) is 16.7 Å². The van der Waals surface area contributed by atoms with Crippen LogP contribution in [0.3, 0.4) is 0 Å². The second kappa shape index (κ2) is 4.29. The van der Waals surface area contributed by atoms with Crippen molar-refractivity contribution >= 4 is 5.97 Å². The van der Waals surface area contributed by atoms with Gasteiger partial charge in [0.15, 0.2) is 0 Å². The zero-order chi connectivity index (χ0) is 12.7. The van der Waals surface area contributed by atoms with Gasteiger partial charge in [-0.3, -0.25) is 4.79 Å². The molecule has 0 heterocycles. The van der Waals surface area contributed by atoms with Crippen molar-refractivity contribution in [2.45, 2.75) is 72.3 Å². The van der Waals surface area contributed by atoms with Crippen LogP contribution in [0.5, 0.6) is 0 Å². The molecule has 98 valence electrons. The van der Waals surface area contributed by atoms with Gasteiger partial charge in [-0.05, 0) is 36.5 Å². The summed E-state index contributed by atoms with van der Waals surface area (Å²) in [4.78, 5) is 11.7. The van der Waals surface area contributed by atoms with Crippen LogP contribution in [0.4, 0.5) is 0 Å². The molecular formula is C15H26O2. The Morgan fingerprint density at radius 3 is 2.53 bits per heavy atom. The highest BCUT2D eigenvalue weighted by Gasteiger charge is 2.61. The molecule has 3 atom stereocenters. The van der Waals surface area contributed by atoms with Crippen LogP contribution >= 0.6 is 0 Å². The van der Waals surface area contributed by atoms with Crippen LogP contribution < -0.4 is 0 Å². The van der Waals surface area contributed by atoms with E-state index in [-0.39, 0.29) is 12.1 Å². The Balaban J connectivity index is 1.95. The van der Waals surface area contributed by atoms with E-state index < -0.39 is 0 Å². The minimum Gasteiger partial charge on any atom is -0.462 e. The molecule has 0 spiro atoms. The largest absolute Gasteiger partial charge is 0.462 e. The number of carbonyl (C=O) groups is 1. The number of hydrogen-bond donors (Lipinski definition) is 0. The summed E-state index contributed by atoms with van der Waals surface area (Å²) < 4.78 is 5.71. The minimum absolute atomic E-state index is 0.0174. The van der Waals surface area contributed by atoms with Gasteiger partial charge in [0, 0.05) is 12.3 Å². The van der Waals surface area contributed by atoms with Gasteiger partial charge in [-0.1, -0.05) is 34.1 Å². The molecular weight excluding hydrogens is 212 g/mol. The van der Waals surface area contributed by atoms with Gasteiger partial charge < -0.3 is 4.74 Å². The molecule has 2 nitrogen and oxygen atoms in total. The average Bonchev–Trinajstić information content (AvgIpc) is 2.57. The summed E-state index contributed by atoms with van der Waals surface area (Å²) in [5.41, 5.74) is 0.718. The number of unbranched alkanes of at least 4 members (excludes halogenated alkanes) is 1. The van der Waals surface area contributed by atoms with E-state index >= 15 is 0 Å². The predicted molar refractivity (Wildman–Crippen MR) is 68.6 cm³/mol. The van der Waals surface area contributed by atoms with Crippen LogP contribution in [0.2, 0.25) is 0 Å². The molecule has 17 heavy (non-hydrogen) atoms. The number of carbonyl (C=O) groups excluding carboxylic acids is 1. The summed E-state index contributed by atoms with van der Waals surface area (Å²) in [5.74, 6) is 0.599. The summed E-state index contributed by atoms with van der Waals surface area (Å²) in [7, 11) is 0. The molecule has 2 fully saturated rings. The second-order valence-electron chi connectivity index (χ2n) is 6.76. The van der Waals surface area contributed by atoms with Gasteiger partial charge in [0.25, 0.3) is 0 Å². The fraction of sp³-hybridized carbons (Fsp3) is 0.933. The lowest BCUT2D eigenvalue weighted by atomic mass is 9.71. The van der Waals surface area contributed by atoms with Gasteiger partial charge in [0.05, 0.1) is 0 Å². The summed E-state index contributed by atoms with van der Waals surface area (Å²) in [6.07, 6.45) is 6.40. The normalized spacial score (nSPS) is 38.4. The number of esters is 1. The van der Waals surface area contributed by atoms with Crippen molar-refractivity contribution in [3.8, 4) is 0 Å². The second-order valence-corrected chi connectivity index (χ2v) is 6.76. The van der Waals surface area contributed by atoms with E-state index in [1.54, 1.807) is 0 Å². The summed E-state index contributed by atoms with van der Waals surface area (Å²) in [6, 6.07) is 0. The highest BCUT2D eigenvalue weighted by molar-refractivity contribution is 5.69. The van der Waals surface area contributed by atoms with Gasteiger partial charge in [0.2, 0.25) is 0 Å². The minimum atomic E-state index is 0.0174. The summed E-state index contributed by atoms with van der Waals surface area (Å²) in [5, 5.41) is 0. The molecule has 0 aromatic rings. The summed E-state index contributed by atoms with van der Waals surface area (Å²) in [6.45, 7) is 9.18. The Kier molecular flexibility index (Phi) is 3.26. The van der Waals surface area contributed by atoms with Gasteiger partial charge in [-0.2, -0.15) is 0 Å². The van der Waals surface area contributed by atoms with E-state index in [2.05, 4.69) is 27.7 Å². The van der Waals surface area contributed by atoms with Crippen molar-refractivity contribution in [1.82, 2.24) is 0 Å². The van der Waals surface area contributed by atoms with Crippen molar-refractivity contribution in [1.29, 1.82) is 0 Å². The van der Waals surface area contributed by atoms with E-state index in [1.807, 2.05) is 0 Å². The van der Waals surface area contributed by atoms with Crippen LogP contribution in [0.15, 0.2) is 0 Å². The van der Waals surface area contributed by atoms with Gasteiger partial charge in [0.1, 0.15) is 6.10 Å². The molecule has 0 aliphatic heterocycles. The van der Waals surface area contributed by atoms with Crippen molar-refractivity contribution in [2.24, 2.45) is 16.7 Å². The number of hydrogen-bond acceptors (Lipinski definition) is 2. The number of rotatable bonds is 4. The van der Waals surface area contributed by atoms with Crippen LogP contribution in [-0.4, -0.2) is 12.1 Å². The van der Waals surface area contributed by atoms with Crippen molar-refractivity contribution in [3.05, 3.63) is 0 Å².